The number of methoxy groups -OCH3 is 2. The topological polar surface area (TPSA) is 85.1 Å². The normalized spacial score (nSPS) is 18.2. The lowest BCUT2D eigenvalue weighted by Crippen LogP contribution is -2.50. The lowest BCUT2D eigenvalue weighted by Gasteiger charge is -2.33. The summed E-state index contributed by atoms with van der Waals surface area (Å²) in [6.45, 7) is 2.39. The van der Waals surface area contributed by atoms with Crippen molar-refractivity contribution in [3.63, 3.8) is 0 Å². The van der Waals surface area contributed by atoms with Gasteiger partial charge in [0.2, 0.25) is 0 Å². The fraction of sp³-hybridized carbons (Fsp3) is 1.00. The van der Waals surface area contributed by atoms with Gasteiger partial charge in [0.25, 0.3) is 10.2 Å². The molecular weight excluding hydrogens is 306 g/mol. The van der Waals surface area contributed by atoms with E-state index in [1.807, 2.05) is 0 Å². The Balaban J connectivity index is 0.00000361. The second-order valence-corrected chi connectivity index (χ2v) is 6.56. The smallest absolute Gasteiger partial charge is 0.282 e. The molecule has 9 heteroatoms. The van der Waals surface area contributed by atoms with Crippen LogP contribution in [0.4, 0.5) is 0 Å². The monoisotopic (exact) mass is 331 g/mol. The first-order valence-electron chi connectivity index (χ1n) is 6.51. The Kier molecular flexibility index (Phi) is 9.90. The maximum absolute atomic E-state index is 12.5. The van der Waals surface area contributed by atoms with E-state index in [9.17, 15) is 8.42 Å². The molecule has 7 nitrogen and oxygen atoms in total. The van der Waals surface area contributed by atoms with Crippen molar-refractivity contribution in [2.24, 2.45) is 5.73 Å². The predicted octanol–water partition coefficient (Wildman–Crippen LogP) is -0.329. The highest BCUT2D eigenvalue weighted by molar-refractivity contribution is 7.86. The van der Waals surface area contributed by atoms with Crippen molar-refractivity contribution in [2.45, 2.75) is 18.9 Å². The van der Waals surface area contributed by atoms with Crippen LogP contribution >= 0.6 is 12.4 Å². The summed E-state index contributed by atoms with van der Waals surface area (Å²) in [5.74, 6) is 0. The first-order chi connectivity index (χ1) is 9.02. The van der Waals surface area contributed by atoms with E-state index in [0.29, 0.717) is 52.2 Å². The Labute approximate surface area is 128 Å². The molecule has 0 amide bonds. The molecule has 1 aliphatic heterocycles. The standard InChI is InChI=1S/C11H25N3O4S.ClH/c1-17-9-7-14(8-10-18-2)19(15,16)13-5-3-11(12)4-6-13;/h11H,3-10,12H2,1-2H3;1H. The lowest BCUT2D eigenvalue weighted by atomic mass is 10.1. The van der Waals surface area contributed by atoms with Crippen LogP contribution in [0.1, 0.15) is 12.8 Å². The van der Waals surface area contributed by atoms with Crippen LogP contribution < -0.4 is 5.73 Å². The molecule has 0 spiro atoms. The van der Waals surface area contributed by atoms with Crippen LogP contribution in [0.3, 0.4) is 0 Å². The van der Waals surface area contributed by atoms with E-state index in [1.54, 1.807) is 14.2 Å². The van der Waals surface area contributed by atoms with Crippen molar-refractivity contribution < 1.29 is 17.9 Å². The minimum absolute atomic E-state index is 0. The SMILES string of the molecule is COCCN(CCOC)S(=O)(=O)N1CCC(N)CC1.Cl. The van der Waals surface area contributed by atoms with Gasteiger partial charge in [-0.1, -0.05) is 0 Å². The molecule has 122 valence electrons. The molecule has 1 rings (SSSR count). The Bertz CT molecular complexity index is 340. The summed E-state index contributed by atoms with van der Waals surface area (Å²) < 4.78 is 37.9. The van der Waals surface area contributed by atoms with Crippen molar-refractivity contribution in [3.8, 4) is 0 Å². The first kappa shape index (κ1) is 20.0. The van der Waals surface area contributed by atoms with Crippen molar-refractivity contribution in [3.05, 3.63) is 0 Å². The van der Waals surface area contributed by atoms with Gasteiger partial charge in [-0.15, -0.1) is 12.4 Å². The molecule has 1 aliphatic rings. The zero-order valence-electron chi connectivity index (χ0n) is 12.2. The molecule has 0 unspecified atom stereocenters. The average Bonchev–Trinajstić information content (AvgIpc) is 2.39. The third-order valence-electron chi connectivity index (χ3n) is 3.24. The van der Waals surface area contributed by atoms with Gasteiger partial charge in [0.1, 0.15) is 0 Å². The fourth-order valence-corrected chi connectivity index (χ4v) is 3.61. The van der Waals surface area contributed by atoms with Crippen LogP contribution in [-0.2, 0) is 19.7 Å². The van der Waals surface area contributed by atoms with Crippen molar-refractivity contribution >= 4 is 22.6 Å². The molecule has 0 atom stereocenters. The predicted molar refractivity (Wildman–Crippen MR) is 80.3 cm³/mol. The molecule has 0 saturated carbocycles. The van der Waals surface area contributed by atoms with E-state index in [4.69, 9.17) is 15.2 Å². The van der Waals surface area contributed by atoms with Crippen LogP contribution in [0.15, 0.2) is 0 Å². The fourth-order valence-electron chi connectivity index (χ4n) is 2.00. The number of rotatable bonds is 8. The van der Waals surface area contributed by atoms with Gasteiger partial charge in [-0.3, -0.25) is 0 Å². The third kappa shape index (κ3) is 5.80. The molecule has 20 heavy (non-hydrogen) atoms. The van der Waals surface area contributed by atoms with E-state index < -0.39 is 10.2 Å². The van der Waals surface area contributed by atoms with E-state index >= 15 is 0 Å². The van der Waals surface area contributed by atoms with Gasteiger partial charge in [-0.05, 0) is 12.8 Å². The van der Waals surface area contributed by atoms with E-state index in [2.05, 4.69) is 0 Å². The van der Waals surface area contributed by atoms with Gasteiger partial charge in [0.05, 0.1) is 13.2 Å². The van der Waals surface area contributed by atoms with Crippen LogP contribution in [0.25, 0.3) is 0 Å². The van der Waals surface area contributed by atoms with E-state index in [-0.39, 0.29) is 18.4 Å². The van der Waals surface area contributed by atoms with Gasteiger partial charge in [0.15, 0.2) is 0 Å². The largest absolute Gasteiger partial charge is 0.383 e. The summed E-state index contributed by atoms with van der Waals surface area (Å²) in [7, 11) is -0.328. The van der Waals surface area contributed by atoms with Crippen LogP contribution in [-0.4, -0.2) is 76.7 Å². The number of nitrogens with zero attached hydrogens (tertiary/aromatic N) is 2. The zero-order chi connectivity index (χ0) is 14.3. The number of piperidine rings is 1. The highest BCUT2D eigenvalue weighted by Gasteiger charge is 2.31. The molecule has 0 aliphatic carbocycles. The molecular formula is C11H26ClN3O4S. The van der Waals surface area contributed by atoms with Gasteiger partial charge in [-0.25, -0.2) is 0 Å². The Morgan fingerprint density at radius 3 is 2.00 bits per heavy atom. The number of hydrogen-bond acceptors (Lipinski definition) is 5. The summed E-state index contributed by atoms with van der Waals surface area (Å²) >= 11 is 0. The third-order valence-corrected chi connectivity index (χ3v) is 5.28. The molecule has 0 aromatic heterocycles. The van der Waals surface area contributed by atoms with Gasteiger partial charge in [-0.2, -0.15) is 17.0 Å². The molecule has 1 saturated heterocycles. The number of halogens is 1. The summed E-state index contributed by atoms with van der Waals surface area (Å²) in [5, 5.41) is 0. The van der Waals surface area contributed by atoms with Gasteiger partial charge >= 0.3 is 0 Å². The molecule has 0 radical (unpaired) electrons. The van der Waals surface area contributed by atoms with Crippen LogP contribution in [0.2, 0.25) is 0 Å². The minimum Gasteiger partial charge on any atom is -0.383 e. The van der Waals surface area contributed by atoms with Crippen LogP contribution in [0.5, 0.6) is 0 Å². The van der Waals surface area contributed by atoms with Gasteiger partial charge < -0.3 is 15.2 Å². The Hall–Kier alpha value is 0.0400. The number of hydrogen-bond donors (Lipinski definition) is 1. The second-order valence-electron chi connectivity index (χ2n) is 4.63. The molecule has 1 fully saturated rings. The van der Waals surface area contributed by atoms with E-state index in [1.165, 1.54) is 8.61 Å². The average molecular weight is 332 g/mol. The Morgan fingerprint density at radius 2 is 1.60 bits per heavy atom. The van der Waals surface area contributed by atoms with E-state index in [0.717, 1.165) is 0 Å². The van der Waals surface area contributed by atoms with Crippen molar-refractivity contribution in [2.75, 3.05) is 53.6 Å². The molecule has 0 aromatic rings. The van der Waals surface area contributed by atoms with Crippen molar-refractivity contribution in [1.82, 2.24) is 8.61 Å². The maximum Gasteiger partial charge on any atom is 0.282 e. The second kappa shape index (κ2) is 9.88. The van der Waals surface area contributed by atoms with Crippen LogP contribution in [0, 0.1) is 0 Å². The highest BCUT2D eigenvalue weighted by atomic mass is 35.5. The minimum atomic E-state index is -3.44. The maximum atomic E-state index is 12.5. The Morgan fingerprint density at radius 1 is 1.15 bits per heavy atom. The summed E-state index contributed by atoms with van der Waals surface area (Å²) in [5.41, 5.74) is 5.80. The van der Waals surface area contributed by atoms with Gasteiger partial charge in [0, 0.05) is 46.4 Å². The zero-order valence-corrected chi connectivity index (χ0v) is 13.8. The quantitative estimate of drug-likeness (QED) is 0.658. The molecule has 0 aromatic carbocycles. The first-order valence-corrected chi connectivity index (χ1v) is 7.90. The lowest BCUT2D eigenvalue weighted by molar-refractivity contribution is 0.145. The molecule has 0 bridgehead atoms. The van der Waals surface area contributed by atoms with Crippen molar-refractivity contribution in [1.29, 1.82) is 0 Å². The summed E-state index contributed by atoms with van der Waals surface area (Å²) in [6, 6.07) is 0.109. The number of nitrogens with two attached hydrogens (primary N) is 1. The number of ether oxygens (including phenoxy) is 2. The molecule has 1 heterocycles. The summed E-state index contributed by atoms with van der Waals surface area (Å²) in [4.78, 5) is 0. The molecule has 2 N–H and O–H groups in total. The highest BCUT2D eigenvalue weighted by Crippen LogP contribution is 2.15. The summed E-state index contributed by atoms with van der Waals surface area (Å²) in [6.07, 6.45) is 1.42.